The van der Waals surface area contributed by atoms with Gasteiger partial charge in [-0.25, -0.2) is 4.98 Å². The lowest BCUT2D eigenvalue weighted by Gasteiger charge is -2.03. The Morgan fingerprint density at radius 3 is 2.82 bits per heavy atom. The van der Waals surface area contributed by atoms with Crippen molar-refractivity contribution in [2.45, 2.75) is 26.3 Å². The number of aromatic nitrogens is 2. The van der Waals surface area contributed by atoms with Crippen LogP contribution in [0.4, 0.5) is 0 Å². The van der Waals surface area contributed by atoms with E-state index < -0.39 is 0 Å². The second kappa shape index (κ2) is 6.43. The predicted molar refractivity (Wildman–Crippen MR) is 87.4 cm³/mol. The second-order valence-corrected chi connectivity index (χ2v) is 5.47. The highest BCUT2D eigenvalue weighted by Crippen LogP contribution is 2.13. The van der Waals surface area contributed by atoms with Crippen LogP contribution in [-0.4, -0.2) is 15.9 Å². The Morgan fingerprint density at radius 1 is 1.18 bits per heavy atom. The maximum atomic E-state index is 11.9. The number of carbonyl (C=O) groups excluding carboxylic acids is 1. The molecule has 2 aromatic carbocycles. The zero-order chi connectivity index (χ0) is 15.4. The summed E-state index contributed by atoms with van der Waals surface area (Å²) in [6.07, 6.45) is 1.25. The van der Waals surface area contributed by atoms with Gasteiger partial charge in [-0.2, -0.15) is 0 Å². The van der Waals surface area contributed by atoms with Crippen LogP contribution in [-0.2, 0) is 17.8 Å². The lowest BCUT2D eigenvalue weighted by molar-refractivity contribution is -0.121. The summed E-state index contributed by atoms with van der Waals surface area (Å²) in [7, 11) is 0. The molecule has 0 spiro atoms. The fourth-order valence-electron chi connectivity index (χ4n) is 2.43. The SMILES string of the molecule is Cc1ccc2nc(CNC(=O)CCc3ccccc3)[nH]c2c1. The van der Waals surface area contributed by atoms with Gasteiger partial charge in [0.2, 0.25) is 5.91 Å². The van der Waals surface area contributed by atoms with Gasteiger partial charge < -0.3 is 10.3 Å². The fraction of sp³-hybridized carbons (Fsp3) is 0.222. The third-order valence-electron chi connectivity index (χ3n) is 3.62. The number of imidazole rings is 1. The number of fused-ring (bicyclic) bond motifs is 1. The first kappa shape index (κ1) is 14.3. The molecule has 22 heavy (non-hydrogen) atoms. The molecular weight excluding hydrogens is 274 g/mol. The standard InChI is InChI=1S/C18H19N3O/c1-13-7-9-15-16(11-13)21-17(20-15)12-19-18(22)10-8-14-5-3-2-4-6-14/h2-7,9,11H,8,10,12H2,1H3,(H,19,22)(H,20,21). The minimum atomic E-state index is 0.0421. The molecule has 0 unspecified atom stereocenters. The summed E-state index contributed by atoms with van der Waals surface area (Å²) in [6, 6.07) is 16.1. The van der Waals surface area contributed by atoms with Crippen LogP contribution in [0.15, 0.2) is 48.5 Å². The third kappa shape index (κ3) is 3.52. The topological polar surface area (TPSA) is 57.8 Å². The van der Waals surface area contributed by atoms with E-state index in [4.69, 9.17) is 0 Å². The number of aromatic amines is 1. The number of aryl methyl sites for hydroxylation is 2. The Morgan fingerprint density at radius 2 is 2.00 bits per heavy atom. The number of hydrogen-bond acceptors (Lipinski definition) is 2. The van der Waals surface area contributed by atoms with Crippen molar-refractivity contribution < 1.29 is 4.79 Å². The molecule has 3 aromatic rings. The van der Waals surface area contributed by atoms with E-state index in [0.29, 0.717) is 13.0 Å². The summed E-state index contributed by atoms with van der Waals surface area (Å²) in [5.41, 5.74) is 4.30. The lowest BCUT2D eigenvalue weighted by atomic mass is 10.1. The molecule has 0 bridgehead atoms. The van der Waals surface area contributed by atoms with Crippen LogP contribution in [0.3, 0.4) is 0 Å². The molecule has 0 saturated heterocycles. The lowest BCUT2D eigenvalue weighted by Crippen LogP contribution is -2.23. The minimum Gasteiger partial charge on any atom is -0.349 e. The van der Waals surface area contributed by atoms with E-state index in [2.05, 4.69) is 21.4 Å². The molecule has 1 amide bonds. The summed E-state index contributed by atoms with van der Waals surface area (Å²) in [5, 5.41) is 2.91. The van der Waals surface area contributed by atoms with Crippen molar-refractivity contribution in [1.29, 1.82) is 0 Å². The molecule has 0 aliphatic rings. The highest BCUT2D eigenvalue weighted by atomic mass is 16.1. The molecule has 0 fully saturated rings. The van der Waals surface area contributed by atoms with Crippen molar-refractivity contribution in [2.24, 2.45) is 0 Å². The van der Waals surface area contributed by atoms with E-state index in [1.54, 1.807) is 0 Å². The normalized spacial score (nSPS) is 10.8. The zero-order valence-corrected chi connectivity index (χ0v) is 12.6. The van der Waals surface area contributed by atoms with E-state index in [9.17, 15) is 4.79 Å². The van der Waals surface area contributed by atoms with Gasteiger partial charge in [0.1, 0.15) is 5.82 Å². The Kier molecular flexibility index (Phi) is 4.19. The Hall–Kier alpha value is -2.62. The summed E-state index contributed by atoms with van der Waals surface area (Å²) >= 11 is 0. The van der Waals surface area contributed by atoms with Gasteiger partial charge >= 0.3 is 0 Å². The quantitative estimate of drug-likeness (QED) is 0.759. The van der Waals surface area contributed by atoms with Crippen LogP contribution in [0.25, 0.3) is 11.0 Å². The Balaban J connectivity index is 1.53. The Bertz CT molecular complexity index is 777. The summed E-state index contributed by atoms with van der Waals surface area (Å²) in [6.45, 7) is 2.48. The molecule has 3 rings (SSSR count). The number of H-pyrrole nitrogens is 1. The maximum absolute atomic E-state index is 11.9. The summed E-state index contributed by atoms with van der Waals surface area (Å²) in [5.74, 6) is 0.828. The molecule has 4 nitrogen and oxygen atoms in total. The third-order valence-corrected chi connectivity index (χ3v) is 3.62. The van der Waals surface area contributed by atoms with Crippen molar-refractivity contribution in [1.82, 2.24) is 15.3 Å². The van der Waals surface area contributed by atoms with Crippen molar-refractivity contribution >= 4 is 16.9 Å². The first-order chi connectivity index (χ1) is 10.7. The number of hydrogen-bond donors (Lipinski definition) is 2. The van der Waals surface area contributed by atoms with Crippen LogP contribution >= 0.6 is 0 Å². The van der Waals surface area contributed by atoms with Crippen LogP contribution in [0.2, 0.25) is 0 Å². The summed E-state index contributed by atoms with van der Waals surface area (Å²) < 4.78 is 0. The molecule has 4 heteroatoms. The van der Waals surface area contributed by atoms with Crippen LogP contribution < -0.4 is 5.32 Å². The van der Waals surface area contributed by atoms with Crippen molar-refractivity contribution in [2.75, 3.05) is 0 Å². The zero-order valence-electron chi connectivity index (χ0n) is 12.6. The number of amides is 1. The molecule has 0 aliphatic carbocycles. The predicted octanol–water partition coefficient (Wildman–Crippen LogP) is 3.12. The average molecular weight is 293 g/mol. The molecule has 112 valence electrons. The van der Waals surface area contributed by atoms with Crippen LogP contribution in [0, 0.1) is 6.92 Å². The number of nitrogens with zero attached hydrogens (tertiary/aromatic N) is 1. The number of benzene rings is 2. The second-order valence-electron chi connectivity index (χ2n) is 5.47. The van der Waals surface area contributed by atoms with Crippen molar-refractivity contribution in [3.8, 4) is 0 Å². The van der Waals surface area contributed by atoms with Gasteiger partial charge in [0.25, 0.3) is 0 Å². The highest BCUT2D eigenvalue weighted by molar-refractivity contribution is 5.77. The van der Waals surface area contributed by atoms with Gasteiger partial charge in [0, 0.05) is 6.42 Å². The van der Waals surface area contributed by atoms with Gasteiger partial charge in [-0.1, -0.05) is 36.4 Å². The number of carbonyl (C=O) groups is 1. The molecule has 2 N–H and O–H groups in total. The number of rotatable bonds is 5. The van der Waals surface area contributed by atoms with Gasteiger partial charge in [0.05, 0.1) is 17.6 Å². The molecule has 0 atom stereocenters. The smallest absolute Gasteiger partial charge is 0.220 e. The van der Waals surface area contributed by atoms with E-state index in [1.807, 2.05) is 49.4 Å². The minimum absolute atomic E-state index is 0.0421. The molecule has 0 aliphatic heterocycles. The van der Waals surface area contributed by atoms with Gasteiger partial charge in [-0.15, -0.1) is 0 Å². The van der Waals surface area contributed by atoms with E-state index in [-0.39, 0.29) is 5.91 Å². The molecular formula is C18H19N3O. The van der Waals surface area contributed by atoms with E-state index >= 15 is 0 Å². The molecule has 0 radical (unpaired) electrons. The summed E-state index contributed by atoms with van der Waals surface area (Å²) in [4.78, 5) is 19.6. The number of nitrogens with one attached hydrogen (secondary N) is 2. The average Bonchev–Trinajstić information content (AvgIpc) is 2.94. The Labute approximate surface area is 129 Å². The molecule has 0 saturated carbocycles. The van der Waals surface area contributed by atoms with E-state index in [0.717, 1.165) is 23.3 Å². The van der Waals surface area contributed by atoms with E-state index in [1.165, 1.54) is 11.1 Å². The van der Waals surface area contributed by atoms with Gasteiger partial charge in [-0.05, 0) is 36.6 Å². The van der Waals surface area contributed by atoms with Gasteiger partial charge in [0.15, 0.2) is 0 Å². The molecule has 1 heterocycles. The fourth-order valence-corrected chi connectivity index (χ4v) is 2.43. The highest BCUT2D eigenvalue weighted by Gasteiger charge is 2.06. The largest absolute Gasteiger partial charge is 0.349 e. The maximum Gasteiger partial charge on any atom is 0.220 e. The molecule has 1 aromatic heterocycles. The van der Waals surface area contributed by atoms with Crippen LogP contribution in [0.1, 0.15) is 23.4 Å². The van der Waals surface area contributed by atoms with Crippen molar-refractivity contribution in [3.63, 3.8) is 0 Å². The first-order valence-electron chi connectivity index (χ1n) is 7.46. The van der Waals surface area contributed by atoms with Crippen molar-refractivity contribution in [3.05, 3.63) is 65.5 Å². The van der Waals surface area contributed by atoms with Gasteiger partial charge in [-0.3, -0.25) is 4.79 Å². The van der Waals surface area contributed by atoms with Crippen LogP contribution in [0.5, 0.6) is 0 Å². The first-order valence-corrected chi connectivity index (χ1v) is 7.46. The monoisotopic (exact) mass is 293 g/mol.